The second-order valence-corrected chi connectivity index (χ2v) is 5.87. The Hall–Kier alpha value is -0.380. The maximum atomic E-state index is 6.03. The Morgan fingerprint density at radius 3 is 2.59 bits per heavy atom. The lowest BCUT2D eigenvalue weighted by Gasteiger charge is -2.27. The van der Waals surface area contributed by atoms with Gasteiger partial charge in [-0.2, -0.15) is 0 Å². The minimum absolute atomic E-state index is 0.0230. The summed E-state index contributed by atoms with van der Waals surface area (Å²) in [6.07, 6.45) is 3.85. The molecule has 0 saturated carbocycles. The molecule has 1 saturated heterocycles. The first-order valence-corrected chi connectivity index (χ1v) is 6.49. The summed E-state index contributed by atoms with van der Waals surface area (Å²) in [4.78, 5) is 0. The maximum absolute atomic E-state index is 6.03. The van der Waals surface area contributed by atoms with Crippen LogP contribution in [0.3, 0.4) is 0 Å². The van der Waals surface area contributed by atoms with E-state index in [1.165, 1.54) is 0 Å². The van der Waals surface area contributed by atoms with Gasteiger partial charge < -0.3 is 14.8 Å². The average Bonchev–Trinajstić information content (AvgIpc) is 2.40. The Morgan fingerprint density at radius 2 is 2.06 bits per heavy atom. The van der Waals surface area contributed by atoms with Crippen LogP contribution in [0, 0.1) is 0 Å². The normalized spacial score (nSPS) is 26.0. The summed E-state index contributed by atoms with van der Waals surface area (Å²) in [5, 5.41) is 3.53. The summed E-state index contributed by atoms with van der Waals surface area (Å²) in [5.74, 6) is 0. The lowest BCUT2D eigenvalue weighted by atomic mass is 9.94. The molecule has 0 bridgehead atoms. The first-order valence-electron chi connectivity index (χ1n) is 6.49. The zero-order chi connectivity index (χ0) is 12.9. The van der Waals surface area contributed by atoms with E-state index in [1.54, 1.807) is 0 Å². The van der Waals surface area contributed by atoms with Crippen LogP contribution in [0.2, 0.25) is 0 Å². The first-order chi connectivity index (χ1) is 7.87. The fraction of sp³-hybridized carbons (Fsp3) is 0.857. The topological polar surface area (TPSA) is 30.5 Å². The van der Waals surface area contributed by atoms with E-state index in [2.05, 4.69) is 39.6 Å². The van der Waals surface area contributed by atoms with Crippen molar-refractivity contribution in [1.82, 2.24) is 5.32 Å². The van der Waals surface area contributed by atoms with Crippen LogP contribution in [0.15, 0.2) is 12.7 Å². The summed E-state index contributed by atoms with van der Waals surface area (Å²) in [5.41, 5.74) is -0.116. The van der Waals surface area contributed by atoms with Crippen LogP contribution in [0.5, 0.6) is 0 Å². The van der Waals surface area contributed by atoms with Crippen molar-refractivity contribution in [2.75, 3.05) is 19.8 Å². The summed E-state index contributed by atoms with van der Waals surface area (Å²) >= 11 is 0. The smallest absolute Gasteiger partial charge is 0.0787 e. The predicted octanol–water partition coefficient (Wildman–Crippen LogP) is 2.51. The Bertz CT molecular complexity index is 249. The van der Waals surface area contributed by atoms with E-state index in [9.17, 15) is 0 Å². The fourth-order valence-corrected chi connectivity index (χ4v) is 2.45. The summed E-state index contributed by atoms with van der Waals surface area (Å²) < 4.78 is 11.5. The van der Waals surface area contributed by atoms with Gasteiger partial charge in [-0.25, -0.2) is 0 Å². The third-order valence-electron chi connectivity index (χ3n) is 3.18. The highest BCUT2D eigenvalue weighted by Gasteiger charge is 2.45. The third kappa shape index (κ3) is 4.78. The van der Waals surface area contributed by atoms with Crippen LogP contribution in [-0.4, -0.2) is 37.0 Å². The molecule has 3 heteroatoms. The Kier molecular flexibility index (Phi) is 5.17. The Balaban J connectivity index is 2.21. The largest absolute Gasteiger partial charge is 0.380 e. The third-order valence-corrected chi connectivity index (χ3v) is 3.18. The van der Waals surface area contributed by atoms with Crippen LogP contribution in [-0.2, 0) is 9.47 Å². The molecular formula is C14H27NO2. The molecule has 0 radical (unpaired) electrons. The van der Waals surface area contributed by atoms with Crippen molar-refractivity contribution < 1.29 is 9.47 Å². The van der Waals surface area contributed by atoms with E-state index in [0.717, 1.165) is 32.6 Å². The van der Waals surface area contributed by atoms with Gasteiger partial charge in [-0.15, -0.1) is 6.58 Å². The molecular weight excluding hydrogens is 214 g/mol. The summed E-state index contributed by atoms with van der Waals surface area (Å²) in [6.45, 7) is 14.7. The van der Waals surface area contributed by atoms with E-state index in [4.69, 9.17) is 9.47 Å². The molecule has 0 amide bonds. The zero-order valence-corrected chi connectivity index (χ0v) is 11.7. The number of ether oxygens (including phenoxy) is 2. The Morgan fingerprint density at radius 1 is 1.35 bits per heavy atom. The molecule has 1 aliphatic rings. The van der Waals surface area contributed by atoms with Gasteiger partial charge in [0, 0.05) is 12.6 Å². The second kappa shape index (κ2) is 5.98. The van der Waals surface area contributed by atoms with Crippen molar-refractivity contribution in [3.05, 3.63) is 12.7 Å². The van der Waals surface area contributed by atoms with Gasteiger partial charge in [0.05, 0.1) is 24.4 Å². The van der Waals surface area contributed by atoms with Crippen LogP contribution < -0.4 is 5.32 Å². The molecule has 0 spiro atoms. The number of hydrogen-bond donors (Lipinski definition) is 1. The van der Waals surface area contributed by atoms with Crippen molar-refractivity contribution in [3.8, 4) is 0 Å². The van der Waals surface area contributed by atoms with Gasteiger partial charge in [-0.3, -0.25) is 0 Å². The lowest BCUT2D eigenvalue weighted by molar-refractivity contribution is -0.0700. The second-order valence-electron chi connectivity index (χ2n) is 5.87. The van der Waals surface area contributed by atoms with Gasteiger partial charge >= 0.3 is 0 Å². The SMILES string of the molecule is C=CCCOCCNC1CC(C)(C)OC1(C)C. The monoisotopic (exact) mass is 241 g/mol. The van der Waals surface area contributed by atoms with Gasteiger partial charge in [0.25, 0.3) is 0 Å². The van der Waals surface area contributed by atoms with Gasteiger partial charge in [-0.05, 0) is 40.5 Å². The zero-order valence-electron chi connectivity index (χ0n) is 11.7. The van der Waals surface area contributed by atoms with Gasteiger partial charge in [-0.1, -0.05) is 6.08 Å². The quantitative estimate of drug-likeness (QED) is 0.549. The highest BCUT2D eigenvalue weighted by atomic mass is 16.5. The van der Waals surface area contributed by atoms with E-state index in [-0.39, 0.29) is 11.2 Å². The molecule has 17 heavy (non-hydrogen) atoms. The van der Waals surface area contributed by atoms with Crippen molar-refractivity contribution in [2.24, 2.45) is 0 Å². The van der Waals surface area contributed by atoms with E-state index < -0.39 is 0 Å². The lowest BCUT2D eigenvalue weighted by Crippen LogP contribution is -2.44. The van der Waals surface area contributed by atoms with Crippen LogP contribution >= 0.6 is 0 Å². The highest BCUT2D eigenvalue weighted by molar-refractivity contribution is 4.98. The average molecular weight is 241 g/mol. The van der Waals surface area contributed by atoms with Gasteiger partial charge in [0.1, 0.15) is 0 Å². The summed E-state index contributed by atoms with van der Waals surface area (Å²) in [7, 11) is 0. The maximum Gasteiger partial charge on any atom is 0.0787 e. The fourth-order valence-electron chi connectivity index (χ4n) is 2.45. The number of rotatable bonds is 7. The van der Waals surface area contributed by atoms with Crippen LogP contribution in [0.25, 0.3) is 0 Å². The van der Waals surface area contributed by atoms with Crippen molar-refractivity contribution in [1.29, 1.82) is 0 Å². The molecule has 1 fully saturated rings. The van der Waals surface area contributed by atoms with E-state index in [0.29, 0.717) is 6.04 Å². The molecule has 100 valence electrons. The Labute approximate surface area is 106 Å². The van der Waals surface area contributed by atoms with Gasteiger partial charge in [0.15, 0.2) is 0 Å². The molecule has 1 aliphatic heterocycles. The number of hydrogen-bond acceptors (Lipinski definition) is 3. The molecule has 1 rings (SSSR count). The van der Waals surface area contributed by atoms with Crippen molar-refractivity contribution in [2.45, 2.75) is 57.8 Å². The standard InChI is InChI=1S/C14H27NO2/c1-6-7-9-16-10-8-15-12-11-13(2,3)17-14(12,4)5/h6,12,15H,1,7-11H2,2-5H3. The van der Waals surface area contributed by atoms with Crippen LogP contribution in [0.1, 0.15) is 40.5 Å². The molecule has 0 aliphatic carbocycles. The molecule has 0 aromatic carbocycles. The van der Waals surface area contributed by atoms with E-state index >= 15 is 0 Å². The molecule has 0 aromatic heterocycles. The molecule has 1 N–H and O–H groups in total. The minimum atomic E-state index is -0.0926. The first kappa shape index (κ1) is 14.7. The van der Waals surface area contributed by atoms with Crippen LogP contribution in [0.4, 0.5) is 0 Å². The molecule has 1 heterocycles. The van der Waals surface area contributed by atoms with Crippen molar-refractivity contribution >= 4 is 0 Å². The minimum Gasteiger partial charge on any atom is -0.380 e. The van der Waals surface area contributed by atoms with Gasteiger partial charge in [0.2, 0.25) is 0 Å². The van der Waals surface area contributed by atoms with Crippen molar-refractivity contribution in [3.63, 3.8) is 0 Å². The number of nitrogens with one attached hydrogen (secondary N) is 1. The molecule has 1 unspecified atom stereocenters. The summed E-state index contributed by atoms with van der Waals surface area (Å²) in [6, 6.07) is 0.403. The molecule has 0 aromatic rings. The van der Waals surface area contributed by atoms with E-state index in [1.807, 2.05) is 6.08 Å². The molecule has 1 atom stereocenters. The highest BCUT2D eigenvalue weighted by Crippen LogP contribution is 2.36. The molecule has 3 nitrogen and oxygen atoms in total. The predicted molar refractivity (Wildman–Crippen MR) is 71.3 cm³/mol.